The van der Waals surface area contributed by atoms with Crippen LogP contribution in [0.15, 0.2) is 41.8 Å². The van der Waals surface area contributed by atoms with E-state index in [1.165, 1.54) is 4.88 Å². The van der Waals surface area contributed by atoms with E-state index in [0.717, 1.165) is 28.9 Å². The molecule has 1 aliphatic heterocycles. The van der Waals surface area contributed by atoms with Crippen molar-refractivity contribution < 1.29 is 9.59 Å². The number of nitrogens with zero attached hydrogens (tertiary/aromatic N) is 3. The van der Waals surface area contributed by atoms with Gasteiger partial charge in [-0.05, 0) is 49.4 Å². The van der Waals surface area contributed by atoms with Crippen molar-refractivity contribution in [1.29, 1.82) is 0 Å². The second-order valence-electron chi connectivity index (χ2n) is 10.1. The topological polar surface area (TPSA) is 67.2 Å². The van der Waals surface area contributed by atoms with Crippen molar-refractivity contribution in [3.63, 3.8) is 0 Å². The number of aromatic nitrogens is 2. The third kappa shape index (κ3) is 5.33. The number of hydrogen-bond donors (Lipinski definition) is 1. The molecule has 3 aromatic rings. The summed E-state index contributed by atoms with van der Waals surface area (Å²) in [5.41, 5.74) is 3.70. The maximum Gasteiger partial charge on any atom is 0.240 e. The highest BCUT2D eigenvalue weighted by Crippen LogP contribution is 2.49. The zero-order chi connectivity index (χ0) is 25.3. The summed E-state index contributed by atoms with van der Waals surface area (Å²) in [5.74, 6) is 0.759. The molecule has 1 aromatic carbocycles. The van der Waals surface area contributed by atoms with Crippen molar-refractivity contribution >= 4 is 40.7 Å². The lowest BCUT2D eigenvalue weighted by molar-refractivity contribution is -0.123. The molecule has 0 fully saturated rings. The van der Waals surface area contributed by atoms with Gasteiger partial charge in [-0.15, -0.1) is 23.1 Å². The summed E-state index contributed by atoms with van der Waals surface area (Å²) in [5, 5.41) is 10.2. The number of carbonyl (C=O) groups is 2. The molecule has 2 aromatic heterocycles. The van der Waals surface area contributed by atoms with Crippen molar-refractivity contribution in [3.8, 4) is 5.69 Å². The number of thiophene rings is 1. The molecule has 1 aliphatic rings. The molecule has 35 heavy (non-hydrogen) atoms. The van der Waals surface area contributed by atoms with Crippen LogP contribution in [0.2, 0.25) is 0 Å². The van der Waals surface area contributed by atoms with Crippen LogP contribution in [0.5, 0.6) is 0 Å². The van der Waals surface area contributed by atoms with Gasteiger partial charge in [0, 0.05) is 21.9 Å². The lowest BCUT2D eigenvalue weighted by Gasteiger charge is -2.24. The van der Waals surface area contributed by atoms with Crippen LogP contribution in [0.3, 0.4) is 0 Å². The van der Waals surface area contributed by atoms with Crippen molar-refractivity contribution in [1.82, 2.24) is 15.1 Å². The highest BCUT2D eigenvalue weighted by Gasteiger charge is 2.40. The highest BCUT2D eigenvalue weighted by atomic mass is 32.2. The zero-order valence-corrected chi connectivity index (χ0v) is 22.9. The average Bonchev–Trinajstić information content (AvgIpc) is 3.44. The minimum atomic E-state index is -0.257. The summed E-state index contributed by atoms with van der Waals surface area (Å²) in [6.07, 6.45) is 0.830. The van der Waals surface area contributed by atoms with Gasteiger partial charge in [0.15, 0.2) is 0 Å². The largest absolute Gasteiger partial charge is 0.352 e. The molecule has 2 amide bonds. The van der Waals surface area contributed by atoms with Crippen molar-refractivity contribution in [2.75, 3.05) is 17.2 Å². The van der Waals surface area contributed by atoms with Gasteiger partial charge in [0.2, 0.25) is 11.8 Å². The first kappa shape index (κ1) is 25.5. The fourth-order valence-corrected chi connectivity index (χ4v) is 6.42. The summed E-state index contributed by atoms with van der Waals surface area (Å²) >= 11 is 3.31. The second-order valence-corrected chi connectivity index (χ2v) is 12.2. The van der Waals surface area contributed by atoms with Gasteiger partial charge < -0.3 is 5.32 Å². The smallest absolute Gasteiger partial charge is 0.240 e. The van der Waals surface area contributed by atoms with Gasteiger partial charge in [0.25, 0.3) is 0 Å². The van der Waals surface area contributed by atoms with E-state index >= 15 is 0 Å². The maximum atomic E-state index is 13.6. The summed E-state index contributed by atoms with van der Waals surface area (Å²) in [4.78, 5) is 29.4. The van der Waals surface area contributed by atoms with Crippen molar-refractivity contribution in [3.05, 3.63) is 63.5 Å². The predicted molar refractivity (Wildman–Crippen MR) is 146 cm³/mol. The molecular weight excluding hydrogens is 476 g/mol. The van der Waals surface area contributed by atoms with Gasteiger partial charge in [-0.1, -0.05) is 45.9 Å². The molecule has 0 aliphatic carbocycles. The fraction of sp³-hybridized carbons (Fsp3) is 0.444. The Morgan fingerprint density at radius 1 is 1.26 bits per heavy atom. The van der Waals surface area contributed by atoms with Crippen LogP contribution in [0.4, 0.5) is 5.82 Å². The molecule has 0 saturated carbocycles. The Kier molecular flexibility index (Phi) is 7.43. The Morgan fingerprint density at radius 3 is 2.66 bits per heavy atom. The summed E-state index contributed by atoms with van der Waals surface area (Å²) in [7, 11) is 0. The van der Waals surface area contributed by atoms with Gasteiger partial charge >= 0.3 is 0 Å². The third-order valence-electron chi connectivity index (χ3n) is 6.17. The Hall–Kier alpha value is -2.58. The Morgan fingerprint density at radius 2 is 2.03 bits per heavy atom. The van der Waals surface area contributed by atoms with Crippen LogP contribution < -0.4 is 10.2 Å². The number of nitrogens with one attached hydrogen (secondary N) is 1. The van der Waals surface area contributed by atoms with Crippen LogP contribution >= 0.6 is 23.1 Å². The van der Waals surface area contributed by atoms with Crippen molar-refractivity contribution in [2.24, 2.45) is 0 Å². The molecule has 2 atom stereocenters. The number of benzene rings is 1. The van der Waals surface area contributed by atoms with E-state index < -0.39 is 0 Å². The van der Waals surface area contributed by atoms with Gasteiger partial charge in [-0.2, -0.15) is 5.10 Å². The van der Waals surface area contributed by atoms with E-state index in [2.05, 4.69) is 43.6 Å². The molecule has 6 nitrogen and oxygen atoms in total. The standard InChI is InChI=1S/C27H34N4O2S2/c1-7-18(3)28-21(32)15-30-22(33)16-35-24(20-12-9-13-34-20)23-25(27(4,5)6)29-31(26(23)30)19-11-8-10-17(2)14-19/h8-14,18,24H,7,15-16H2,1-6H3,(H,28,32)/t18-,24+/m1/s1. The van der Waals surface area contributed by atoms with Crippen LogP contribution in [0.25, 0.3) is 5.69 Å². The number of anilines is 1. The van der Waals surface area contributed by atoms with E-state index in [1.807, 2.05) is 49.7 Å². The molecule has 1 N–H and O–H groups in total. The summed E-state index contributed by atoms with van der Waals surface area (Å²) in [6, 6.07) is 12.3. The second kappa shape index (κ2) is 10.2. The van der Waals surface area contributed by atoms with E-state index in [1.54, 1.807) is 28.0 Å². The summed E-state index contributed by atoms with van der Waals surface area (Å²) < 4.78 is 1.88. The number of amides is 2. The van der Waals surface area contributed by atoms with Crippen LogP contribution in [-0.2, 0) is 15.0 Å². The monoisotopic (exact) mass is 510 g/mol. The van der Waals surface area contributed by atoms with Gasteiger partial charge in [0.05, 0.1) is 22.4 Å². The third-order valence-corrected chi connectivity index (χ3v) is 8.49. The minimum absolute atomic E-state index is 0.0328. The lowest BCUT2D eigenvalue weighted by atomic mass is 9.88. The highest BCUT2D eigenvalue weighted by molar-refractivity contribution is 8.00. The molecule has 0 bridgehead atoms. The van der Waals surface area contributed by atoms with Crippen LogP contribution in [0.1, 0.15) is 68.0 Å². The SMILES string of the molecule is CC[C@@H](C)NC(=O)CN1C(=O)CS[C@@H](c2cccs2)c2c(C(C)(C)C)nn(-c3cccc(C)c3)c21. The Bertz CT molecular complexity index is 1210. The number of aryl methyl sites for hydroxylation is 1. The maximum absolute atomic E-state index is 13.6. The van der Waals surface area contributed by atoms with E-state index in [0.29, 0.717) is 11.6 Å². The van der Waals surface area contributed by atoms with Gasteiger partial charge in [-0.3, -0.25) is 14.5 Å². The number of thioether (sulfide) groups is 1. The van der Waals surface area contributed by atoms with E-state index in [9.17, 15) is 9.59 Å². The normalized spacial score (nSPS) is 17.1. The molecular formula is C27H34N4O2S2. The first-order chi connectivity index (χ1) is 16.6. The molecule has 0 radical (unpaired) electrons. The van der Waals surface area contributed by atoms with Gasteiger partial charge in [-0.25, -0.2) is 4.68 Å². The number of carbonyl (C=O) groups excluding carboxylic acids is 2. The predicted octanol–water partition coefficient (Wildman–Crippen LogP) is 5.62. The molecule has 4 rings (SSSR count). The first-order valence-corrected chi connectivity index (χ1v) is 14.0. The molecule has 0 spiro atoms. The average molecular weight is 511 g/mol. The number of fused-ring (bicyclic) bond motifs is 1. The molecule has 0 saturated heterocycles. The molecule has 0 unspecified atom stereocenters. The van der Waals surface area contributed by atoms with E-state index in [-0.39, 0.29) is 35.1 Å². The minimum Gasteiger partial charge on any atom is -0.352 e. The van der Waals surface area contributed by atoms with Crippen LogP contribution in [-0.4, -0.2) is 39.9 Å². The van der Waals surface area contributed by atoms with Gasteiger partial charge in [0.1, 0.15) is 12.4 Å². The Balaban J connectivity index is 1.96. The molecule has 3 heterocycles. The molecule has 8 heteroatoms. The first-order valence-electron chi connectivity index (χ1n) is 12.0. The zero-order valence-electron chi connectivity index (χ0n) is 21.3. The molecule has 186 valence electrons. The van der Waals surface area contributed by atoms with E-state index in [4.69, 9.17) is 5.10 Å². The summed E-state index contributed by atoms with van der Waals surface area (Å²) in [6.45, 7) is 12.5. The lowest BCUT2D eigenvalue weighted by Crippen LogP contribution is -2.44. The quantitative estimate of drug-likeness (QED) is 0.467. The fourth-order valence-electron chi connectivity index (χ4n) is 4.24. The number of hydrogen-bond acceptors (Lipinski definition) is 5. The van der Waals surface area contributed by atoms with Crippen LogP contribution in [0, 0.1) is 6.92 Å². The Labute approximate surface area is 216 Å². The van der Waals surface area contributed by atoms with Crippen molar-refractivity contribution in [2.45, 2.75) is 64.7 Å². The number of rotatable bonds is 6.